The molecule has 10 heavy (non-hydrogen) atoms. The Morgan fingerprint density at radius 1 is 1.00 bits per heavy atom. The van der Waals surface area contributed by atoms with Crippen LogP contribution in [0.15, 0.2) is 24.3 Å². The van der Waals surface area contributed by atoms with Crippen LogP contribution in [-0.2, 0) is 0 Å². The van der Waals surface area contributed by atoms with Gasteiger partial charge in [-0.2, -0.15) is 0 Å². The molecule has 0 aliphatic heterocycles. The summed E-state index contributed by atoms with van der Waals surface area (Å²) in [7, 11) is 0. The smallest absolute Gasteiger partial charge is 0.0398 e. The van der Waals surface area contributed by atoms with E-state index in [0.29, 0.717) is 0 Å². The molecule has 0 N–H and O–H groups in total. The first kappa shape index (κ1) is 8.78. The molecule has 0 saturated heterocycles. The van der Waals surface area contributed by atoms with E-state index in [4.69, 9.17) is 0 Å². The van der Waals surface area contributed by atoms with E-state index in [9.17, 15) is 0 Å². The topological polar surface area (TPSA) is 0 Å². The van der Waals surface area contributed by atoms with Gasteiger partial charge in [-0.3, -0.25) is 0 Å². The Morgan fingerprint density at radius 2 is 1.40 bits per heavy atom. The molecule has 52 valence electrons. The van der Waals surface area contributed by atoms with Crippen molar-refractivity contribution in [3.8, 4) is 12.8 Å². The molecule has 0 amide bonds. The van der Waals surface area contributed by atoms with Gasteiger partial charge in [-0.15, -0.1) is 12.8 Å². The van der Waals surface area contributed by atoms with Crippen molar-refractivity contribution in [3.05, 3.63) is 35.4 Å². The van der Waals surface area contributed by atoms with E-state index >= 15 is 0 Å². The third-order valence-electron chi connectivity index (χ3n) is 1.17. The van der Waals surface area contributed by atoms with Gasteiger partial charge in [-0.05, 0) is 13.8 Å². The van der Waals surface area contributed by atoms with Crippen molar-refractivity contribution in [2.24, 2.45) is 0 Å². The molecular weight excluding hydrogens is 120 g/mol. The van der Waals surface area contributed by atoms with Crippen molar-refractivity contribution in [1.82, 2.24) is 0 Å². The normalized spacial score (nSPS) is 7.60. The molecule has 0 saturated carbocycles. The van der Waals surface area contributed by atoms with Gasteiger partial charge in [0.2, 0.25) is 0 Å². The van der Waals surface area contributed by atoms with E-state index < -0.39 is 0 Å². The molecule has 0 aliphatic carbocycles. The Labute approximate surface area is 62.9 Å². The van der Waals surface area contributed by atoms with E-state index in [0.717, 1.165) is 0 Å². The summed E-state index contributed by atoms with van der Waals surface area (Å²) in [6, 6.07) is 8.45. The number of aryl methyl sites for hydroxylation is 2. The average Bonchev–Trinajstić information content (AvgIpc) is 1.91. The first-order valence-electron chi connectivity index (χ1n) is 3.15. The SMILES string of the molecule is C#C.Cc1cccc(C)c1. The zero-order valence-corrected chi connectivity index (χ0v) is 6.46. The van der Waals surface area contributed by atoms with Crippen molar-refractivity contribution in [3.63, 3.8) is 0 Å². The fraction of sp³-hybridized carbons (Fsp3) is 0.200. The molecule has 0 aliphatic rings. The van der Waals surface area contributed by atoms with Gasteiger partial charge in [0.1, 0.15) is 0 Å². The quantitative estimate of drug-likeness (QED) is 0.476. The van der Waals surface area contributed by atoms with Crippen LogP contribution in [0.2, 0.25) is 0 Å². The van der Waals surface area contributed by atoms with E-state index in [1.54, 1.807) is 0 Å². The van der Waals surface area contributed by atoms with Crippen LogP contribution in [0.4, 0.5) is 0 Å². The Bertz CT molecular complexity index is 191. The lowest BCUT2D eigenvalue weighted by Crippen LogP contribution is -1.71. The molecule has 0 heterocycles. The molecule has 0 nitrogen and oxygen atoms in total. The summed E-state index contributed by atoms with van der Waals surface area (Å²) in [6.07, 6.45) is 8.00. The van der Waals surface area contributed by atoms with Gasteiger partial charge in [0.05, 0.1) is 0 Å². The van der Waals surface area contributed by atoms with Gasteiger partial charge in [0.25, 0.3) is 0 Å². The van der Waals surface area contributed by atoms with Crippen LogP contribution < -0.4 is 0 Å². The van der Waals surface area contributed by atoms with Crippen molar-refractivity contribution < 1.29 is 0 Å². The first-order chi connectivity index (χ1) is 4.79. The minimum atomic E-state index is 1.34. The third-order valence-corrected chi connectivity index (χ3v) is 1.17. The largest absolute Gasteiger partial charge is 0.124 e. The van der Waals surface area contributed by atoms with Crippen LogP contribution in [0.5, 0.6) is 0 Å². The van der Waals surface area contributed by atoms with Gasteiger partial charge in [-0.25, -0.2) is 0 Å². The second kappa shape index (κ2) is 4.64. The molecule has 0 aromatic heterocycles. The maximum atomic E-state index is 4.00. The van der Waals surface area contributed by atoms with Gasteiger partial charge < -0.3 is 0 Å². The molecule has 0 spiro atoms. The molecule has 0 atom stereocenters. The average molecular weight is 132 g/mol. The monoisotopic (exact) mass is 132 g/mol. The third kappa shape index (κ3) is 2.94. The lowest BCUT2D eigenvalue weighted by Gasteiger charge is -1.90. The Hall–Kier alpha value is -1.22. The maximum Gasteiger partial charge on any atom is -0.0398 e. The summed E-state index contributed by atoms with van der Waals surface area (Å²) in [4.78, 5) is 0. The zero-order valence-electron chi connectivity index (χ0n) is 6.46. The summed E-state index contributed by atoms with van der Waals surface area (Å²) in [6.45, 7) is 4.21. The van der Waals surface area contributed by atoms with Crippen LogP contribution in [0.3, 0.4) is 0 Å². The highest BCUT2D eigenvalue weighted by Gasteiger charge is 1.80. The molecule has 0 fully saturated rings. The first-order valence-corrected chi connectivity index (χ1v) is 3.15. The molecule has 0 heteroatoms. The number of hydrogen-bond donors (Lipinski definition) is 0. The highest BCUT2D eigenvalue weighted by atomic mass is 13.9. The number of benzene rings is 1. The van der Waals surface area contributed by atoms with Gasteiger partial charge in [0, 0.05) is 0 Å². The summed E-state index contributed by atoms with van der Waals surface area (Å²) in [5.74, 6) is 0. The minimum absolute atomic E-state index is 1.34. The highest BCUT2D eigenvalue weighted by molar-refractivity contribution is 5.20. The summed E-state index contributed by atoms with van der Waals surface area (Å²) in [5.41, 5.74) is 2.68. The Balaban J connectivity index is 0.000000371. The molecule has 0 radical (unpaired) electrons. The lowest BCUT2D eigenvalue weighted by atomic mass is 10.2. The fourth-order valence-electron chi connectivity index (χ4n) is 0.807. The van der Waals surface area contributed by atoms with Crippen molar-refractivity contribution >= 4 is 0 Å². The Morgan fingerprint density at radius 3 is 1.60 bits per heavy atom. The van der Waals surface area contributed by atoms with Crippen LogP contribution >= 0.6 is 0 Å². The van der Waals surface area contributed by atoms with Crippen LogP contribution in [0.1, 0.15) is 11.1 Å². The number of hydrogen-bond acceptors (Lipinski definition) is 0. The standard InChI is InChI=1S/C8H10.C2H2/c1-7-4-3-5-8(2)6-7;1-2/h3-6H,1-2H3;1-2H. The molecule has 0 bridgehead atoms. The van der Waals surface area contributed by atoms with E-state index in [-0.39, 0.29) is 0 Å². The maximum absolute atomic E-state index is 4.00. The highest BCUT2D eigenvalue weighted by Crippen LogP contribution is 2.00. The van der Waals surface area contributed by atoms with Gasteiger partial charge >= 0.3 is 0 Å². The minimum Gasteiger partial charge on any atom is -0.124 e. The number of rotatable bonds is 0. The fourth-order valence-corrected chi connectivity index (χ4v) is 0.807. The molecule has 1 aromatic carbocycles. The van der Waals surface area contributed by atoms with Crippen LogP contribution in [0.25, 0.3) is 0 Å². The van der Waals surface area contributed by atoms with Crippen LogP contribution in [-0.4, -0.2) is 0 Å². The molecule has 1 rings (SSSR count). The van der Waals surface area contributed by atoms with E-state index in [2.05, 4.69) is 51.0 Å². The predicted molar refractivity (Wildman–Crippen MR) is 45.8 cm³/mol. The predicted octanol–water partition coefficient (Wildman–Crippen LogP) is 2.55. The van der Waals surface area contributed by atoms with Crippen molar-refractivity contribution in [2.45, 2.75) is 13.8 Å². The second-order valence-corrected chi connectivity index (χ2v) is 2.16. The Kier molecular flexibility index (Phi) is 4.07. The molecule has 1 aromatic rings. The zero-order chi connectivity index (χ0) is 7.98. The second-order valence-electron chi connectivity index (χ2n) is 2.16. The lowest BCUT2D eigenvalue weighted by molar-refractivity contribution is 1.39. The summed E-state index contributed by atoms with van der Waals surface area (Å²) in [5, 5.41) is 0. The molecule has 0 unspecified atom stereocenters. The van der Waals surface area contributed by atoms with Gasteiger partial charge in [0.15, 0.2) is 0 Å². The number of terminal acetylenes is 1. The van der Waals surface area contributed by atoms with Crippen molar-refractivity contribution in [1.29, 1.82) is 0 Å². The van der Waals surface area contributed by atoms with Crippen molar-refractivity contribution in [2.75, 3.05) is 0 Å². The van der Waals surface area contributed by atoms with E-state index in [1.165, 1.54) is 11.1 Å². The van der Waals surface area contributed by atoms with Crippen LogP contribution in [0, 0.1) is 26.7 Å². The van der Waals surface area contributed by atoms with Gasteiger partial charge in [-0.1, -0.05) is 35.4 Å². The summed E-state index contributed by atoms with van der Waals surface area (Å²) < 4.78 is 0. The van der Waals surface area contributed by atoms with E-state index in [1.807, 2.05) is 0 Å². The molecular formula is C10H12. The summed E-state index contributed by atoms with van der Waals surface area (Å²) >= 11 is 0.